The first kappa shape index (κ1) is 22.9. The predicted molar refractivity (Wildman–Crippen MR) is 115 cm³/mol. The zero-order valence-corrected chi connectivity index (χ0v) is 18.3. The maximum absolute atomic E-state index is 12.5. The van der Waals surface area contributed by atoms with Crippen molar-refractivity contribution in [3.63, 3.8) is 0 Å². The van der Waals surface area contributed by atoms with Gasteiger partial charge < -0.3 is 15.4 Å². The zero-order valence-electron chi connectivity index (χ0n) is 17.5. The molecular formula is C21H29N3O4S. The summed E-state index contributed by atoms with van der Waals surface area (Å²) in [5.74, 6) is 0.386. The number of carbonyl (C=O) groups is 1. The Labute approximate surface area is 173 Å². The smallest absolute Gasteiger partial charge is 0.242 e. The summed E-state index contributed by atoms with van der Waals surface area (Å²) in [6.07, 6.45) is 0. The molecule has 7 nitrogen and oxygen atoms in total. The topological polar surface area (TPSA) is 87.7 Å². The molecule has 0 fully saturated rings. The van der Waals surface area contributed by atoms with Crippen LogP contribution in [0.5, 0.6) is 5.75 Å². The number of carbonyl (C=O) groups excluding carboxylic acids is 1. The Morgan fingerprint density at radius 3 is 2.31 bits per heavy atom. The van der Waals surface area contributed by atoms with E-state index in [1.807, 2.05) is 30.3 Å². The number of amides is 1. The molecule has 0 aliphatic heterocycles. The quantitative estimate of drug-likeness (QED) is 0.653. The van der Waals surface area contributed by atoms with Crippen LogP contribution in [0, 0.1) is 5.92 Å². The fourth-order valence-corrected chi connectivity index (χ4v) is 3.88. The second kappa shape index (κ2) is 9.87. The maximum atomic E-state index is 12.5. The van der Waals surface area contributed by atoms with Gasteiger partial charge in [-0.1, -0.05) is 44.2 Å². The van der Waals surface area contributed by atoms with Crippen molar-refractivity contribution in [2.24, 2.45) is 5.92 Å². The molecule has 0 bridgehead atoms. The molecule has 0 aliphatic rings. The van der Waals surface area contributed by atoms with Crippen molar-refractivity contribution >= 4 is 21.6 Å². The van der Waals surface area contributed by atoms with Gasteiger partial charge in [0.2, 0.25) is 15.9 Å². The highest BCUT2D eigenvalue weighted by atomic mass is 32.2. The standard InChI is InChI=1S/C21H29N3O4S/c1-15(2)21(16-9-7-6-8-10-16)22-14-20(25)23-18-13-17(11-12-19(18)28-5)29(26,27)24(3)4/h6-13,15,21-22H,14H2,1-5H3,(H,23,25)/t21-/m0/s1. The molecule has 0 heterocycles. The van der Waals surface area contributed by atoms with Crippen molar-refractivity contribution < 1.29 is 17.9 Å². The predicted octanol–water partition coefficient (Wildman–Crippen LogP) is 2.87. The number of benzene rings is 2. The number of ether oxygens (including phenoxy) is 1. The Balaban J connectivity index is 2.15. The van der Waals surface area contributed by atoms with E-state index in [0.29, 0.717) is 11.4 Å². The Morgan fingerprint density at radius 1 is 1.10 bits per heavy atom. The number of sulfonamides is 1. The molecule has 0 spiro atoms. The van der Waals surface area contributed by atoms with Gasteiger partial charge in [-0.05, 0) is 29.7 Å². The van der Waals surface area contributed by atoms with Crippen molar-refractivity contribution in [1.29, 1.82) is 0 Å². The molecule has 29 heavy (non-hydrogen) atoms. The van der Waals surface area contributed by atoms with E-state index in [9.17, 15) is 13.2 Å². The lowest BCUT2D eigenvalue weighted by Crippen LogP contribution is -2.33. The van der Waals surface area contributed by atoms with E-state index in [1.165, 1.54) is 39.4 Å². The third-order valence-corrected chi connectivity index (χ3v) is 6.34. The van der Waals surface area contributed by atoms with E-state index in [4.69, 9.17) is 4.74 Å². The van der Waals surface area contributed by atoms with Gasteiger partial charge in [0.15, 0.2) is 0 Å². The van der Waals surface area contributed by atoms with Crippen LogP contribution in [0.1, 0.15) is 25.5 Å². The Kier molecular flexibility index (Phi) is 7.78. The van der Waals surface area contributed by atoms with Crippen LogP contribution < -0.4 is 15.4 Å². The number of methoxy groups -OCH3 is 1. The van der Waals surface area contributed by atoms with Crippen LogP contribution in [0.25, 0.3) is 0 Å². The lowest BCUT2D eigenvalue weighted by Gasteiger charge is -2.23. The van der Waals surface area contributed by atoms with E-state index < -0.39 is 10.0 Å². The molecular weight excluding hydrogens is 390 g/mol. The molecule has 1 atom stereocenters. The molecule has 0 aromatic heterocycles. The zero-order chi connectivity index (χ0) is 21.6. The van der Waals surface area contributed by atoms with Crippen molar-refractivity contribution in [2.75, 3.05) is 33.1 Å². The van der Waals surface area contributed by atoms with Crippen molar-refractivity contribution in [3.8, 4) is 5.75 Å². The molecule has 8 heteroatoms. The molecule has 2 aromatic rings. The minimum absolute atomic E-state index is 0.0179. The molecule has 0 saturated carbocycles. The number of nitrogens with zero attached hydrogens (tertiary/aromatic N) is 1. The van der Waals surface area contributed by atoms with Crippen molar-refractivity contribution in [1.82, 2.24) is 9.62 Å². The summed E-state index contributed by atoms with van der Waals surface area (Å²) < 4.78 is 31.1. The molecule has 158 valence electrons. The number of hydrogen-bond acceptors (Lipinski definition) is 5. The SMILES string of the molecule is COc1ccc(S(=O)(=O)N(C)C)cc1NC(=O)CN[C@H](c1ccccc1)C(C)C. The summed E-state index contributed by atoms with van der Waals surface area (Å²) in [4.78, 5) is 12.6. The monoisotopic (exact) mass is 419 g/mol. The summed E-state index contributed by atoms with van der Waals surface area (Å²) in [5.41, 5.74) is 1.41. The lowest BCUT2D eigenvalue weighted by atomic mass is 9.96. The van der Waals surface area contributed by atoms with Gasteiger partial charge in [-0.2, -0.15) is 0 Å². The van der Waals surface area contributed by atoms with Gasteiger partial charge in [-0.15, -0.1) is 0 Å². The summed E-state index contributed by atoms with van der Waals surface area (Å²) in [7, 11) is 0.755. The largest absolute Gasteiger partial charge is 0.495 e. The first-order chi connectivity index (χ1) is 13.7. The van der Waals surface area contributed by atoms with Crippen molar-refractivity contribution in [3.05, 3.63) is 54.1 Å². The van der Waals surface area contributed by atoms with Gasteiger partial charge in [0.25, 0.3) is 0 Å². The van der Waals surface area contributed by atoms with E-state index in [-0.39, 0.29) is 29.3 Å². The minimum Gasteiger partial charge on any atom is -0.495 e. The van der Waals surface area contributed by atoms with Gasteiger partial charge >= 0.3 is 0 Å². The molecule has 0 aliphatic carbocycles. The summed E-state index contributed by atoms with van der Waals surface area (Å²) in [6, 6.07) is 14.3. The molecule has 2 rings (SSSR count). The first-order valence-electron chi connectivity index (χ1n) is 9.35. The average Bonchev–Trinajstić information content (AvgIpc) is 2.68. The first-order valence-corrected chi connectivity index (χ1v) is 10.8. The van der Waals surface area contributed by atoms with Crippen LogP contribution in [0.2, 0.25) is 0 Å². The van der Waals surface area contributed by atoms with Gasteiger partial charge in [0.05, 0.1) is 24.2 Å². The Hall–Kier alpha value is -2.42. The minimum atomic E-state index is -3.62. The average molecular weight is 420 g/mol. The van der Waals surface area contributed by atoms with Crippen LogP contribution in [0.3, 0.4) is 0 Å². The van der Waals surface area contributed by atoms with Crippen LogP contribution in [0.4, 0.5) is 5.69 Å². The number of nitrogens with one attached hydrogen (secondary N) is 2. The number of anilines is 1. The van der Waals surface area contributed by atoms with Gasteiger partial charge in [-0.3, -0.25) is 4.79 Å². The molecule has 0 saturated heterocycles. The summed E-state index contributed by atoms with van der Waals surface area (Å²) >= 11 is 0. The van der Waals surface area contributed by atoms with E-state index in [1.54, 1.807) is 0 Å². The summed E-state index contributed by atoms with van der Waals surface area (Å²) in [5, 5.41) is 6.03. The second-order valence-corrected chi connectivity index (χ2v) is 9.36. The molecule has 1 amide bonds. The number of rotatable bonds is 9. The van der Waals surface area contributed by atoms with Crippen LogP contribution >= 0.6 is 0 Å². The molecule has 0 unspecified atom stereocenters. The highest BCUT2D eigenvalue weighted by Crippen LogP contribution is 2.28. The molecule has 2 N–H and O–H groups in total. The van der Waals surface area contributed by atoms with Gasteiger partial charge in [0.1, 0.15) is 5.75 Å². The molecule has 0 radical (unpaired) electrons. The highest BCUT2D eigenvalue weighted by molar-refractivity contribution is 7.89. The maximum Gasteiger partial charge on any atom is 0.242 e. The fourth-order valence-electron chi connectivity index (χ4n) is 2.95. The van der Waals surface area contributed by atoms with Crippen molar-refractivity contribution in [2.45, 2.75) is 24.8 Å². The Morgan fingerprint density at radius 2 is 1.76 bits per heavy atom. The fraction of sp³-hybridized carbons (Fsp3) is 0.381. The van der Waals surface area contributed by atoms with E-state index in [2.05, 4.69) is 24.5 Å². The molecule has 2 aromatic carbocycles. The summed E-state index contributed by atoms with van der Waals surface area (Å²) in [6.45, 7) is 4.24. The van der Waals surface area contributed by atoms with E-state index in [0.717, 1.165) is 9.87 Å². The highest BCUT2D eigenvalue weighted by Gasteiger charge is 2.21. The van der Waals surface area contributed by atoms with Gasteiger partial charge in [0, 0.05) is 20.1 Å². The van der Waals surface area contributed by atoms with Crippen LogP contribution in [0.15, 0.2) is 53.4 Å². The van der Waals surface area contributed by atoms with E-state index >= 15 is 0 Å². The normalized spacial score (nSPS) is 12.8. The third-order valence-electron chi connectivity index (χ3n) is 4.53. The van der Waals surface area contributed by atoms with Crippen LogP contribution in [-0.4, -0.2) is 46.4 Å². The number of hydrogen-bond donors (Lipinski definition) is 2. The van der Waals surface area contributed by atoms with Crippen LogP contribution in [-0.2, 0) is 14.8 Å². The second-order valence-electron chi connectivity index (χ2n) is 7.21. The third kappa shape index (κ3) is 5.79. The Bertz CT molecular complexity index is 928. The van der Waals surface area contributed by atoms with Gasteiger partial charge in [-0.25, -0.2) is 12.7 Å². The lowest BCUT2D eigenvalue weighted by molar-refractivity contribution is -0.115.